The lowest BCUT2D eigenvalue weighted by atomic mass is 9.91. The maximum atomic E-state index is 9.26. The summed E-state index contributed by atoms with van der Waals surface area (Å²) in [5.74, 6) is 0. The zero-order valence-corrected chi connectivity index (χ0v) is 11.7. The number of hydrogen-bond donors (Lipinski definition) is 1. The van der Waals surface area contributed by atoms with Gasteiger partial charge in [-0.25, -0.2) is 0 Å². The molecule has 0 bridgehead atoms. The van der Waals surface area contributed by atoms with Crippen LogP contribution >= 0.6 is 0 Å². The van der Waals surface area contributed by atoms with Crippen molar-refractivity contribution in [1.82, 2.24) is 9.80 Å². The fourth-order valence-electron chi connectivity index (χ4n) is 3.28. The van der Waals surface area contributed by atoms with E-state index in [4.69, 9.17) is 0 Å². The molecular formula is C16H25N2O. The highest BCUT2D eigenvalue weighted by atomic mass is 16.3. The third-order valence-electron chi connectivity index (χ3n) is 4.71. The minimum atomic E-state index is 0.166. The minimum absolute atomic E-state index is 0.166. The van der Waals surface area contributed by atoms with Crippen molar-refractivity contribution < 1.29 is 5.11 Å². The smallest absolute Gasteiger partial charge is 0.0679 e. The lowest BCUT2D eigenvalue weighted by molar-refractivity contribution is 0.133. The van der Waals surface area contributed by atoms with Crippen molar-refractivity contribution in [3.05, 3.63) is 29.8 Å². The van der Waals surface area contributed by atoms with Gasteiger partial charge >= 0.3 is 0 Å². The Bertz CT molecular complexity index is 371. The summed E-state index contributed by atoms with van der Waals surface area (Å²) < 4.78 is 0. The van der Waals surface area contributed by atoms with Crippen molar-refractivity contribution in [2.75, 3.05) is 32.8 Å². The summed E-state index contributed by atoms with van der Waals surface area (Å²) >= 11 is 0. The van der Waals surface area contributed by atoms with Crippen LogP contribution in [0.15, 0.2) is 23.4 Å². The van der Waals surface area contributed by atoms with Crippen LogP contribution in [0.25, 0.3) is 0 Å². The lowest BCUT2D eigenvalue weighted by Gasteiger charge is -2.37. The van der Waals surface area contributed by atoms with Gasteiger partial charge < -0.3 is 10.0 Å². The van der Waals surface area contributed by atoms with E-state index < -0.39 is 0 Å². The molecule has 2 fully saturated rings. The van der Waals surface area contributed by atoms with Crippen LogP contribution in [0, 0.1) is 6.42 Å². The Morgan fingerprint density at radius 1 is 1.11 bits per heavy atom. The first-order valence-corrected chi connectivity index (χ1v) is 7.70. The molecule has 1 aliphatic heterocycles. The van der Waals surface area contributed by atoms with E-state index in [1.54, 1.807) is 0 Å². The van der Waals surface area contributed by atoms with E-state index in [-0.39, 0.29) is 6.61 Å². The third kappa shape index (κ3) is 3.03. The first-order chi connectivity index (χ1) is 9.36. The van der Waals surface area contributed by atoms with Gasteiger partial charge in [0, 0.05) is 44.3 Å². The average Bonchev–Trinajstić information content (AvgIpc) is 2.63. The second-order valence-corrected chi connectivity index (χ2v) is 5.91. The van der Waals surface area contributed by atoms with Crippen molar-refractivity contribution in [1.29, 1.82) is 0 Å². The van der Waals surface area contributed by atoms with Crippen molar-refractivity contribution in [3.63, 3.8) is 0 Å². The molecule has 19 heavy (non-hydrogen) atoms. The van der Waals surface area contributed by atoms with Gasteiger partial charge in [0.1, 0.15) is 0 Å². The number of allylic oxidation sites excluding steroid dienone is 2. The van der Waals surface area contributed by atoms with Crippen molar-refractivity contribution in [3.8, 4) is 0 Å². The van der Waals surface area contributed by atoms with Crippen LogP contribution in [-0.4, -0.2) is 53.7 Å². The van der Waals surface area contributed by atoms with Crippen LogP contribution < -0.4 is 0 Å². The van der Waals surface area contributed by atoms with E-state index in [9.17, 15) is 5.11 Å². The molecule has 0 spiro atoms. The van der Waals surface area contributed by atoms with Gasteiger partial charge in [-0.1, -0.05) is 12.5 Å². The topological polar surface area (TPSA) is 26.7 Å². The molecule has 1 heterocycles. The van der Waals surface area contributed by atoms with E-state index in [2.05, 4.69) is 28.4 Å². The lowest BCUT2D eigenvalue weighted by Crippen LogP contribution is -2.42. The first-order valence-electron chi connectivity index (χ1n) is 7.70. The van der Waals surface area contributed by atoms with E-state index >= 15 is 0 Å². The van der Waals surface area contributed by atoms with Crippen molar-refractivity contribution >= 4 is 0 Å². The van der Waals surface area contributed by atoms with Crippen molar-refractivity contribution in [2.24, 2.45) is 0 Å². The van der Waals surface area contributed by atoms with Gasteiger partial charge in [0.25, 0.3) is 0 Å². The molecule has 1 radical (unpaired) electrons. The predicted octanol–water partition coefficient (Wildman–Crippen LogP) is 1.96. The van der Waals surface area contributed by atoms with Gasteiger partial charge in [-0.15, -0.1) is 0 Å². The molecule has 0 unspecified atom stereocenters. The van der Waals surface area contributed by atoms with Crippen molar-refractivity contribution in [2.45, 2.75) is 38.1 Å². The zero-order valence-electron chi connectivity index (χ0n) is 11.7. The molecule has 2 aliphatic carbocycles. The molecule has 1 saturated carbocycles. The Hall–Kier alpha value is -0.800. The molecule has 0 atom stereocenters. The number of nitrogens with zero attached hydrogens (tertiary/aromatic N) is 2. The van der Waals surface area contributed by atoms with Gasteiger partial charge in [0.05, 0.1) is 6.61 Å². The SMILES string of the molecule is OCC1=CC[CH]C(N2CCCN(C3CCC3)CC2)=C1. The summed E-state index contributed by atoms with van der Waals surface area (Å²) in [6.45, 7) is 4.92. The zero-order chi connectivity index (χ0) is 13.1. The second-order valence-electron chi connectivity index (χ2n) is 5.91. The summed E-state index contributed by atoms with van der Waals surface area (Å²) in [7, 11) is 0. The molecule has 3 heteroatoms. The van der Waals surface area contributed by atoms with Gasteiger partial charge in [0.2, 0.25) is 0 Å². The Balaban J connectivity index is 1.60. The van der Waals surface area contributed by atoms with Gasteiger partial charge in [0.15, 0.2) is 0 Å². The maximum Gasteiger partial charge on any atom is 0.0679 e. The molecule has 3 rings (SSSR count). The maximum absolute atomic E-state index is 9.26. The summed E-state index contributed by atoms with van der Waals surface area (Å²) in [5, 5.41) is 9.26. The monoisotopic (exact) mass is 261 g/mol. The Labute approximate surface area is 116 Å². The summed E-state index contributed by atoms with van der Waals surface area (Å²) in [6.07, 6.45) is 13.0. The molecule has 3 nitrogen and oxygen atoms in total. The molecular weight excluding hydrogens is 236 g/mol. The Morgan fingerprint density at radius 2 is 2.00 bits per heavy atom. The fraction of sp³-hybridized carbons (Fsp3) is 0.688. The third-order valence-corrected chi connectivity index (χ3v) is 4.71. The van der Waals surface area contributed by atoms with Gasteiger partial charge in [-0.2, -0.15) is 0 Å². The van der Waals surface area contributed by atoms with E-state index in [0.717, 1.165) is 31.1 Å². The van der Waals surface area contributed by atoms with Crippen LogP contribution in [0.3, 0.4) is 0 Å². The molecule has 0 aromatic carbocycles. The molecule has 3 aliphatic rings. The summed E-state index contributed by atoms with van der Waals surface area (Å²) in [4.78, 5) is 5.19. The highest BCUT2D eigenvalue weighted by molar-refractivity contribution is 5.33. The molecule has 0 aromatic rings. The van der Waals surface area contributed by atoms with E-state index in [0.29, 0.717) is 0 Å². The largest absolute Gasteiger partial charge is 0.392 e. The highest BCUT2D eigenvalue weighted by Gasteiger charge is 2.27. The number of rotatable bonds is 3. The summed E-state index contributed by atoms with van der Waals surface area (Å²) in [6, 6.07) is 0.872. The van der Waals surface area contributed by atoms with Gasteiger partial charge in [-0.05, 0) is 37.3 Å². The van der Waals surface area contributed by atoms with E-state index in [1.807, 2.05) is 0 Å². The van der Waals surface area contributed by atoms with Gasteiger partial charge in [-0.3, -0.25) is 4.90 Å². The highest BCUT2D eigenvalue weighted by Crippen LogP contribution is 2.27. The average molecular weight is 261 g/mol. The standard InChI is InChI=1S/C16H25N2O/c19-13-14-4-1-7-16(12-14)18-9-3-8-17(10-11-18)15-5-2-6-15/h4,7,12,15,19H,1-3,5-6,8-11,13H2. The Kier molecular flexibility index (Phi) is 4.24. The van der Waals surface area contributed by atoms with Crippen LogP contribution in [0.5, 0.6) is 0 Å². The number of hydrogen-bond acceptors (Lipinski definition) is 3. The van der Waals surface area contributed by atoms with Crippen LogP contribution in [-0.2, 0) is 0 Å². The number of aliphatic hydroxyl groups excluding tert-OH is 1. The van der Waals surface area contributed by atoms with Crippen LogP contribution in [0.2, 0.25) is 0 Å². The van der Waals surface area contributed by atoms with Crippen LogP contribution in [0.4, 0.5) is 0 Å². The molecule has 105 valence electrons. The molecule has 1 saturated heterocycles. The molecule has 0 aromatic heterocycles. The first kappa shape index (κ1) is 13.2. The number of aliphatic hydroxyl groups is 1. The van der Waals surface area contributed by atoms with E-state index in [1.165, 1.54) is 44.5 Å². The minimum Gasteiger partial charge on any atom is -0.392 e. The quantitative estimate of drug-likeness (QED) is 0.841. The van der Waals surface area contributed by atoms with Crippen LogP contribution in [0.1, 0.15) is 32.1 Å². The normalized spacial score (nSPS) is 26.5. The summed E-state index contributed by atoms with van der Waals surface area (Å²) in [5.41, 5.74) is 2.39. The molecule has 1 N–H and O–H groups in total. The predicted molar refractivity (Wildman–Crippen MR) is 77.6 cm³/mol. The Morgan fingerprint density at radius 3 is 2.74 bits per heavy atom. The second kappa shape index (κ2) is 6.10. The fourth-order valence-corrected chi connectivity index (χ4v) is 3.28. The molecule has 0 amide bonds.